The van der Waals surface area contributed by atoms with Gasteiger partial charge in [0.25, 0.3) is 5.91 Å². The summed E-state index contributed by atoms with van der Waals surface area (Å²) < 4.78 is 78.8. The molecule has 4 nitrogen and oxygen atoms in total. The molecule has 0 radical (unpaired) electrons. The minimum Gasteiger partial charge on any atom is -0.481 e. The van der Waals surface area contributed by atoms with Gasteiger partial charge in [-0.15, -0.1) is 0 Å². The molecule has 0 aliphatic rings. The van der Waals surface area contributed by atoms with E-state index in [4.69, 9.17) is 0 Å². The Balaban J connectivity index is 2.46. The Bertz CT molecular complexity index is 1250. The van der Waals surface area contributed by atoms with Crippen LogP contribution in [-0.4, -0.2) is 22.5 Å². The maximum Gasteiger partial charge on any atom is 0.416 e. The van der Waals surface area contributed by atoms with E-state index in [0.717, 1.165) is 5.56 Å². The molecule has 0 aliphatic carbocycles. The van der Waals surface area contributed by atoms with Crippen molar-refractivity contribution in [2.75, 3.05) is 0 Å². The molecule has 0 heterocycles. The Morgan fingerprint density at radius 1 is 0.865 bits per heavy atom. The quantitative estimate of drug-likeness (QED) is 0.342. The lowest BCUT2D eigenvalue weighted by Gasteiger charge is -2.25. The number of alkyl halides is 6. The number of benzene rings is 2. The largest absolute Gasteiger partial charge is 0.481 e. The number of carboxylic acids is 1. The number of rotatable bonds is 5. The normalized spacial score (nSPS) is 12.5. The number of amides is 1. The molecule has 1 amide bonds. The molecule has 0 bridgehead atoms. The van der Waals surface area contributed by atoms with E-state index in [1.165, 1.54) is 27.7 Å². The highest BCUT2D eigenvalue weighted by Crippen LogP contribution is 2.36. The maximum atomic E-state index is 13.2. The summed E-state index contributed by atoms with van der Waals surface area (Å²) in [4.78, 5) is 24.9. The monoisotopic (exact) mass is 527 g/mol. The fraction of sp³-hybridized carbons (Fsp3) is 0.407. The Labute approximate surface area is 211 Å². The third-order valence-corrected chi connectivity index (χ3v) is 5.53. The zero-order chi connectivity index (χ0) is 28.6. The van der Waals surface area contributed by atoms with E-state index in [-0.39, 0.29) is 18.1 Å². The number of hydrogen-bond donors (Lipinski definition) is 2. The fourth-order valence-electron chi connectivity index (χ4n) is 3.70. The average molecular weight is 528 g/mol. The van der Waals surface area contributed by atoms with E-state index in [2.05, 4.69) is 17.2 Å². The van der Waals surface area contributed by atoms with Crippen LogP contribution in [0, 0.1) is 31.1 Å². The molecule has 0 spiro atoms. The number of aryl methyl sites for hydroxylation is 2. The second-order valence-electron chi connectivity index (χ2n) is 10.1. The van der Waals surface area contributed by atoms with Gasteiger partial charge in [0.05, 0.1) is 22.1 Å². The first-order chi connectivity index (χ1) is 16.6. The molecule has 200 valence electrons. The highest BCUT2D eigenvalue weighted by Gasteiger charge is 2.37. The number of nitrogens with one attached hydrogen (secondary N) is 1. The fourth-order valence-corrected chi connectivity index (χ4v) is 3.70. The summed E-state index contributed by atoms with van der Waals surface area (Å²) >= 11 is 0. The van der Waals surface area contributed by atoms with E-state index in [1.54, 1.807) is 26.0 Å². The standard InChI is InChI=1S/C27H27F6NO3/c1-15-9-16(2)21(18(10-15)14-24(3,4)23(36)37)22(35)34-25(5,6)8-7-17-11-19(26(28,29)30)13-20(12-17)27(31,32)33/h9-13H,14H2,1-6H3,(H,34,35)(H,36,37). The van der Waals surface area contributed by atoms with Crippen LogP contribution in [0.1, 0.15) is 71.4 Å². The Kier molecular flexibility index (Phi) is 8.13. The molecule has 37 heavy (non-hydrogen) atoms. The van der Waals surface area contributed by atoms with Gasteiger partial charge >= 0.3 is 18.3 Å². The predicted octanol–water partition coefficient (Wildman–Crippen LogP) is 6.55. The van der Waals surface area contributed by atoms with Crippen LogP contribution in [-0.2, 0) is 23.6 Å². The van der Waals surface area contributed by atoms with Crippen molar-refractivity contribution in [1.82, 2.24) is 5.32 Å². The summed E-state index contributed by atoms with van der Waals surface area (Å²) in [5, 5.41) is 12.2. The van der Waals surface area contributed by atoms with E-state index in [9.17, 15) is 41.0 Å². The molecule has 0 aromatic heterocycles. The summed E-state index contributed by atoms with van der Waals surface area (Å²) in [5.41, 5.74) is -3.93. The van der Waals surface area contributed by atoms with Gasteiger partial charge in [0.15, 0.2) is 0 Å². The lowest BCUT2D eigenvalue weighted by Crippen LogP contribution is -2.43. The minimum absolute atomic E-state index is 0.0123. The van der Waals surface area contributed by atoms with Crippen LogP contribution in [0.2, 0.25) is 0 Å². The highest BCUT2D eigenvalue weighted by atomic mass is 19.4. The lowest BCUT2D eigenvalue weighted by molar-refractivity contribution is -0.147. The van der Waals surface area contributed by atoms with Crippen molar-refractivity contribution < 1.29 is 41.0 Å². The third-order valence-electron chi connectivity index (χ3n) is 5.53. The van der Waals surface area contributed by atoms with E-state index >= 15 is 0 Å². The number of hydrogen-bond acceptors (Lipinski definition) is 2. The van der Waals surface area contributed by atoms with Crippen molar-refractivity contribution in [2.45, 2.75) is 65.9 Å². The van der Waals surface area contributed by atoms with Crippen LogP contribution in [0.3, 0.4) is 0 Å². The van der Waals surface area contributed by atoms with Crippen LogP contribution < -0.4 is 5.32 Å². The Hall–Kier alpha value is -3.48. The number of carbonyl (C=O) groups excluding carboxylic acids is 1. The summed E-state index contributed by atoms with van der Waals surface area (Å²) in [6.07, 6.45) is -9.97. The molecule has 2 rings (SSSR count). The molecular weight excluding hydrogens is 500 g/mol. The van der Waals surface area contributed by atoms with Gasteiger partial charge in [-0.1, -0.05) is 29.5 Å². The van der Waals surface area contributed by atoms with Crippen LogP contribution in [0.4, 0.5) is 26.3 Å². The van der Waals surface area contributed by atoms with Crippen molar-refractivity contribution in [3.05, 3.63) is 69.3 Å². The van der Waals surface area contributed by atoms with E-state index in [1.807, 2.05) is 0 Å². The number of halogens is 6. The molecule has 2 N–H and O–H groups in total. The molecule has 0 saturated heterocycles. The second-order valence-corrected chi connectivity index (χ2v) is 10.1. The van der Waals surface area contributed by atoms with Crippen molar-refractivity contribution in [3.8, 4) is 11.8 Å². The molecule has 0 atom stereocenters. The molecule has 0 saturated carbocycles. The van der Waals surface area contributed by atoms with Crippen molar-refractivity contribution >= 4 is 11.9 Å². The van der Waals surface area contributed by atoms with Gasteiger partial charge in [0, 0.05) is 11.1 Å². The first-order valence-electron chi connectivity index (χ1n) is 11.1. The van der Waals surface area contributed by atoms with Gasteiger partial charge in [-0.05, 0) is 77.3 Å². The zero-order valence-corrected chi connectivity index (χ0v) is 21.1. The van der Waals surface area contributed by atoms with Gasteiger partial charge in [-0.2, -0.15) is 26.3 Å². The smallest absolute Gasteiger partial charge is 0.416 e. The molecule has 0 unspecified atom stereocenters. The molecule has 2 aromatic carbocycles. The van der Waals surface area contributed by atoms with Crippen LogP contribution in [0.15, 0.2) is 30.3 Å². The van der Waals surface area contributed by atoms with Crippen LogP contribution in [0.25, 0.3) is 0 Å². The first kappa shape index (κ1) is 29.7. The third kappa shape index (κ3) is 7.75. The first-order valence-corrected chi connectivity index (χ1v) is 11.1. The van der Waals surface area contributed by atoms with Gasteiger partial charge in [0.2, 0.25) is 0 Å². The second kappa shape index (κ2) is 10.1. The summed E-state index contributed by atoms with van der Waals surface area (Å²) in [5.74, 6) is 3.20. The van der Waals surface area contributed by atoms with Crippen molar-refractivity contribution in [2.24, 2.45) is 5.41 Å². The Morgan fingerprint density at radius 2 is 1.38 bits per heavy atom. The molecule has 2 aromatic rings. The highest BCUT2D eigenvalue weighted by molar-refractivity contribution is 5.98. The summed E-state index contributed by atoms with van der Waals surface area (Å²) in [6, 6.07) is 4.48. The number of carbonyl (C=O) groups is 2. The maximum absolute atomic E-state index is 13.2. The van der Waals surface area contributed by atoms with Gasteiger partial charge in [-0.3, -0.25) is 9.59 Å². The van der Waals surface area contributed by atoms with Gasteiger partial charge < -0.3 is 10.4 Å². The van der Waals surface area contributed by atoms with E-state index < -0.39 is 51.9 Å². The van der Waals surface area contributed by atoms with Crippen LogP contribution in [0.5, 0.6) is 0 Å². The summed E-state index contributed by atoms with van der Waals surface area (Å²) in [6.45, 7) is 9.41. The average Bonchev–Trinajstić information content (AvgIpc) is 2.69. The molecule has 0 aliphatic heterocycles. The van der Waals surface area contributed by atoms with Gasteiger partial charge in [-0.25, -0.2) is 0 Å². The molecular formula is C27H27F6NO3. The van der Waals surface area contributed by atoms with Gasteiger partial charge in [0.1, 0.15) is 0 Å². The summed E-state index contributed by atoms with van der Waals surface area (Å²) in [7, 11) is 0. The topological polar surface area (TPSA) is 66.4 Å². The van der Waals surface area contributed by atoms with Crippen molar-refractivity contribution in [1.29, 1.82) is 0 Å². The SMILES string of the molecule is Cc1cc(C)c(C(=O)NC(C)(C)C#Cc2cc(C(F)(F)F)cc(C(F)(F)F)c2)c(CC(C)(C)C(=O)O)c1. The minimum atomic E-state index is -5.01. The number of aliphatic carboxylic acids is 1. The number of carboxylic acid groups (broad SMARTS) is 1. The Morgan fingerprint density at radius 3 is 1.84 bits per heavy atom. The van der Waals surface area contributed by atoms with E-state index in [0.29, 0.717) is 23.3 Å². The zero-order valence-electron chi connectivity index (χ0n) is 21.1. The predicted molar refractivity (Wildman–Crippen MR) is 126 cm³/mol. The molecule has 0 fully saturated rings. The molecule has 10 heteroatoms. The van der Waals surface area contributed by atoms with Crippen molar-refractivity contribution in [3.63, 3.8) is 0 Å². The lowest BCUT2D eigenvalue weighted by atomic mass is 9.82. The van der Waals surface area contributed by atoms with Crippen LogP contribution >= 0.6 is 0 Å².